The van der Waals surface area contributed by atoms with E-state index in [2.05, 4.69) is 10.5 Å². The average molecular weight is 556 g/mol. The van der Waals surface area contributed by atoms with E-state index < -0.39 is 39.9 Å². The van der Waals surface area contributed by atoms with Gasteiger partial charge in [-0.2, -0.15) is 18.3 Å². The Kier molecular flexibility index (Phi) is 8.66. The summed E-state index contributed by atoms with van der Waals surface area (Å²) in [6, 6.07) is 14.1. The topological polar surface area (TPSA) is 97.3 Å². The second kappa shape index (κ2) is 11.5. The molecule has 8 nitrogen and oxygen atoms in total. The van der Waals surface area contributed by atoms with Crippen molar-refractivity contribution < 1.29 is 35.9 Å². The SMILES string of the molecule is COc1cccc(/C=N\NC(=O)CN(c2cc(C(F)(F)F)ccc2Cl)S(=O)(=O)c2ccccc2)c1OC. The summed E-state index contributed by atoms with van der Waals surface area (Å²) in [4.78, 5) is 12.5. The lowest BCUT2D eigenvalue weighted by molar-refractivity contribution is -0.137. The van der Waals surface area contributed by atoms with E-state index in [9.17, 15) is 26.4 Å². The first kappa shape index (κ1) is 27.8. The number of amides is 1. The highest BCUT2D eigenvalue weighted by Gasteiger charge is 2.34. The van der Waals surface area contributed by atoms with Crippen LogP contribution in [0.3, 0.4) is 0 Å². The first-order chi connectivity index (χ1) is 17.5. The van der Waals surface area contributed by atoms with Gasteiger partial charge in [0.15, 0.2) is 11.5 Å². The van der Waals surface area contributed by atoms with Gasteiger partial charge < -0.3 is 9.47 Å². The zero-order valence-electron chi connectivity index (χ0n) is 19.5. The molecule has 13 heteroatoms. The van der Waals surface area contributed by atoms with Gasteiger partial charge in [0.2, 0.25) is 0 Å². The summed E-state index contributed by atoms with van der Waals surface area (Å²) in [6.45, 7) is -0.912. The van der Waals surface area contributed by atoms with Crippen LogP contribution in [0, 0.1) is 0 Å². The summed E-state index contributed by atoms with van der Waals surface area (Å²) < 4.78 is 77.8. The van der Waals surface area contributed by atoms with Gasteiger partial charge in [0.1, 0.15) is 6.54 Å². The molecule has 1 amide bonds. The molecule has 3 aromatic carbocycles. The second-order valence-electron chi connectivity index (χ2n) is 7.36. The second-order valence-corrected chi connectivity index (χ2v) is 9.63. The van der Waals surface area contributed by atoms with Crippen LogP contribution in [0.25, 0.3) is 0 Å². The maximum absolute atomic E-state index is 13.4. The van der Waals surface area contributed by atoms with Crippen LogP contribution < -0.4 is 19.2 Å². The summed E-state index contributed by atoms with van der Waals surface area (Å²) >= 11 is 6.10. The molecule has 0 atom stereocenters. The number of benzene rings is 3. The van der Waals surface area contributed by atoms with E-state index in [-0.39, 0.29) is 9.92 Å². The molecular weight excluding hydrogens is 535 g/mol. The summed E-state index contributed by atoms with van der Waals surface area (Å²) in [5.41, 5.74) is 0.957. The first-order valence-corrected chi connectivity index (χ1v) is 12.3. The van der Waals surface area contributed by atoms with E-state index in [1.165, 1.54) is 44.7 Å². The molecule has 0 spiro atoms. The Morgan fingerprint density at radius 1 is 1.05 bits per heavy atom. The first-order valence-electron chi connectivity index (χ1n) is 10.5. The van der Waals surface area contributed by atoms with Gasteiger partial charge in [-0.1, -0.05) is 35.9 Å². The van der Waals surface area contributed by atoms with Crippen LogP contribution in [0.4, 0.5) is 18.9 Å². The average Bonchev–Trinajstić information content (AvgIpc) is 2.87. The maximum atomic E-state index is 13.4. The minimum atomic E-state index is -4.77. The monoisotopic (exact) mass is 555 g/mol. The number of rotatable bonds is 9. The minimum absolute atomic E-state index is 0.249. The standard InChI is InChI=1S/C24H21ClF3N3O5S/c1-35-21-10-6-7-16(23(21)36-2)14-29-30-22(32)15-31(37(33,34)18-8-4-3-5-9-18)20-13-17(24(26,27)28)11-12-19(20)25/h3-14H,15H2,1-2H3,(H,30,32)/b29-14-. The van der Waals surface area contributed by atoms with E-state index in [1.54, 1.807) is 24.3 Å². The largest absolute Gasteiger partial charge is 0.493 e. The fraction of sp³-hybridized carbons (Fsp3) is 0.167. The van der Waals surface area contributed by atoms with Crippen LogP contribution in [-0.2, 0) is 21.0 Å². The molecule has 0 bridgehead atoms. The predicted molar refractivity (Wildman–Crippen MR) is 133 cm³/mol. The van der Waals surface area contributed by atoms with Gasteiger partial charge in [-0.25, -0.2) is 13.8 Å². The maximum Gasteiger partial charge on any atom is 0.416 e. The highest BCUT2D eigenvalue weighted by Crippen LogP contribution is 2.37. The lowest BCUT2D eigenvalue weighted by atomic mass is 10.2. The molecule has 0 aliphatic rings. The molecule has 0 aromatic heterocycles. The Bertz CT molecular complexity index is 1400. The number of ether oxygens (including phenoxy) is 2. The van der Waals surface area contributed by atoms with Crippen LogP contribution in [0.15, 0.2) is 76.7 Å². The number of nitrogens with one attached hydrogen (secondary N) is 1. The molecule has 196 valence electrons. The quantitative estimate of drug-likeness (QED) is 0.304. The number of carbonyl (C=O) groups excluding carboxylic acids is 1. The van der Waals surface area contributed by atoms with E-state index in [4.69, 9.17) is 21.1 Å². The summed E-state index contributed by atoms with van der Waals surface area (Å²) in [6.07, 6.45) is -3.53. The molecule has 3 aromatic rings. The van der Waals surface area contributed by atoms with Crippen LogP contribution in [-0.4, -0.2) is 41.3 Å². The Hall–Kier alpha value is -3.77. The van der Waals surface area contributed by atoms with Crippen LogP contribution in [0.5, 0.6) is 11.5 Å². The highest BCUT2D eigenvalue weighted by molar-refractivity contribution is 7.92. The third-order valence-corrected chi connectivity index (χ3v) is 7.08. The molecule has 3 rings (SSSR count). The number of hydrogen-bond donors (Lipinski definition) is 1. The Labute approximate surface area is 216 Å². The minimum Gasteiger partial charge on any atom is -0.493 e. The predicted octanol–water partition coefficient (Wildman–Crippen LogP) is 4.72. The van der Waals surface area contributed by atoms with Crippen LogP contribution >= 0.6 is 11.6 Å². The Morgan fingerprint density at radius 2 is 1.76 bits per heavy atom. The van der Waals surface area contributed by atoms with Crippen molar-refractivity contribution in [3.05, 3.63) is 82.9 Å². The highest BCUT2D eigenvalue weighted by atomic mass is 35.5. The van der Waals surface area contributed by atoms with Crippen LogP contribution in [0.1, 0.15) is 11.1 Å². The van der Waals surface area contributed by atoms with Gasteiger partial charge in [-0.15, -0.1) is 0 Å². The summed E-state index contributed by atoms with van der Waals surface area (Å²) in [5.74, 6) is -0.185. The van der Waals surface area contributed by atoms with Gasteiger partial charge in [0.25, 0.3) is 15.9 Å². The fourth-order valence-electron chi connectivity index (χ4n) is 3.25. The number of alkyl halides is 3. The number of carbonyl (C=O) groups is 1. The van der Waals surface area contributed by atoms with E-state index >= 15 is 0 Å². The lowest BCUT2D eigenvalue weighted by Crippen LogP contribution is -2.40. The van der Waals surface area contributed by atoms with Gasteiger partial charge in [-0.05, 0) is 42.5 Å². The molecule has 1 N–H and O–H groups in total. The zero-order valence-corrected chi connectivity index (χ0v) is 21.1. The van der Waals surface area contributed by atoms with Crippen molar-refractivity contribution in [2.45, 2.75) is 11.1 Å². The van der Waals surface area contributed by atoms with Crippen molar-refractivity contribution in [2.75, 3.05) is 25.1 Å². The number of nitrogens with zero attached hydrogens (tertiary/aromatic N) is 2. The zero-order chi connectivity index (χ0) is 27.2. The molecule has 0 saturated heterocycles. The number of halogens is 4. The van der Waals surface area contributed by atoms with Gasteiger partial charge in [-0.3, -0.25) is 9.10 Å². The van der Waals surface area contributed by atoms with Gasteiger partial charge >= 0.3 is 6.18 Å². The lowest BCUT2D eigenvalue weighted by Gasteiger charge is -2.25. The number of para-hydroxylation sites is 1. The van der Waals surface area contributed by atoms with Crippen molar-refractivity contribution in [1.29, 1.82) is 0 Å². The fourth-order valence-corrected chi connectivity index (χ4v) is 4.98. The third-order valence-electron chi connectivity index (χ3n) is 4.99. The van der Waals surface area contributed by atoms with Crippen molar-refractivity contribution in [2.24, 2.45) is 5.10 Å². The van der Waals surface area contributed by atoms with E-state index in [1.807, 2.05) is 0 Å². The number of sulfonamides is 1. The number of hydrazone groups is 1. The van der Waals surface area contributed by atoms with Gasteiger partial charge in [0.05, 0.1) is 41.6 Å². The number of methoxy groups -OCH3 is 2. The molecule has 0 aliphatic carbocycles. The molecule has 0 fully saturated rings. The molecule has 0 radical (unpaired) electrons. The Balaban J connectivity index is 1.95. The van der Waals surface area contributed by atoms with E-state index in [0.717, 1.165) is 6.07 Å². The van der Waals surface area contributed by atoms with Crippen LogP contribution in [0.2, 0.25) is 5.02 Å². The Morgan fingerprint density at radius 3 is 2.38 bits per heavy atom. The number of hydrogen-bond acceptors (Lipinski definition) is 6. The third kappa shape index (κ3) is 6.52. The number of anilines is 1. The molecule has 0 heterocycles. The molecule has 0 aliphatic heterocycles. The summed E-state index contributed by atoms with van der Waals surface area (Å²) in [5, 5.41) is 3.51. The normalized spacial score (nSPS) is 11.8. The van der Waals surface area contributed by atoms with Crippen molar-refractivity contribution in [3.8, 4) is 11.5 Å². The molecule has 0 saturated carbocycles. The van der Waals surface area contributed by atoms with Crippen molar-refractivity contribution >= 4 is 39.4 Å². The van der Waals surface area contributed by atoms with E-state index in [0.29, 0.717) is 33.5 Å². The summed E-state index contributed by atoms with van der Waals surface area (Å²) in [7, 11) is -1.64. The molecule has 0 unspecified atom stereocenters. The molecule has 37 heavy (non-hydrogen) atoms. The smallest absolute Gasteiger partial charge is 0.416 e. The van der Waals surface area contributed by atoms with Crippen molar-refractivity contribution in [1.82, 2.24) is 5.43 Å². The van der Waals surface area contributed by atoms with Crippen molar-refractivity contribution in [3.63, 3.8) is 0 Å². The molecular formula is C24H21ClF3N3O5S. The van der Waals surface area contributed by atoms with Gasteiger partial charge in [0, 0.05) is 5.56 Å².